The predicted molar refractivity (Wildman–Crippen MR) is 86.6 cm³/mol. The van der Waals surface area contributed by atoms with Crippen LogP contribution in [0.3, 0.4) is 0 Å². The second-order valence-corrected chi connectivity index (χ2v) is 5.83. The van der Waals surface area contributed by atoms with E-state index in [4.69, 9.17) is 0 Å². The Morgan fingerprint density at radius 2 is 1.90 bits per heavy atom. The second-order valence-electron chi connectivity index (χ2n) is 5.83. The van der Waals surface area contributed by atoms with Gasteiger partial charge < -0.3 is 10.4 Å². The summed E-state index contributed by atoms with van der Waals surface area (Å²) in [7, 11) is 0. The number of phenols is 1. The molecule has 0 aliphatic rings. The predicted octanol–water partition coefficient (Wildman–Crippen LogP) is 4.10. The minimum atomic E-state index is -0.206. The van der Waals surface area contributed by atoms with Crippen molar-refractivity contribution < 1.29 is 9.90 Å². The van der Waals surface area contributed by atoms with Gasteiger partial charge >= 0.3 is 0 Å². The minimum Gasteiger partial charge on any atom is -0.506 e. The smallest absolute Gasteiger partial charge is 0.255 e. The summed E-state index contributed by atoms with van der Waals surface area (Å²) in [5.41, 5.74) is 0.345. The van der Waals surface area contributed by atoms with Crippen molar-refractivity contribution in [3.8, 4) is 5.75 Å². The molecule has 0 aliphatic carbocycles. The monoisotopic (exact) mass is 285 g/mol. The quantitative estimate of drug-likeness (QED) is 0.785. The highest BCUT2D eigenvalue weighted by molar-refractivity contribution is 6.03. The van der Waals surface area contributed by atoms with E-state index in [1.54, 1.807) is 6.07 Å². The van der Waals surface area contributed by atoms with Crippen molar-refractivity contribution in [2.45, 2.75) is 33.1 Å². The van der Waals surface area contributed by atoms with E-state index < -0.39 is 0 Å². The molecule has 0 aliphatic heterocycles. The summed E-state index contributed by atoms with van der Waals surface area (Å²) in [6, 6.07) is 11.1. The second kappa shape index (κ2) is 7.11. The maximum absolute atomic E-state index is 12.1. The van der Waals surface area contributed by atoms with E-state index in [0.29, 0.717) is 23.4 Å². The Morgan fingerprint density at radius 1 is 1.14 bits per heavy atom. The number of aromatic hydroxyl groups is 1. The molecule has 0 radical (unpaired) electrons. The molecule has 0 saturated carbocycles. The number of carbonyl (C=O) groups is 1. The third kappa shape index (κ3) is 3.97. The molecule has 0 heterocycles. The molecule has 2 N–H and O–H groups in total. The third-order valence-corrected chi connectivity index (χ3v) is 3.64. The largest absolute Gasteiger partial charge is 0.506 e. The number of unbranched alkanes of at least 4 members (excludes halogenated alkanes) is 1. The average Bonchev–Trinajstić information content (AvgIpc) is 2.47. The number of hydrogen-bond acceptors (Lipinski definition) is 2. The number of nitrogens with one attached hydrogen (secondary N) is 1. The molecule has 0 spiro atoms. The van der Waals surface area contributed by atoms with Gasteiger partial charge in [0.15, 0.2) is 0 Å². The Morgan fingerprint density at radius 3 is 2.67 bits per heavy atom. The van der Waals surface area contributed by atoms with Gasteiger partial charge in [-0.3, -0.25) is 4.79 Å². The maximum Gasteiger partial charge on any atom is 0.255 e. The van der Waals surface area contributed by atoms with E-state index in [9.17, 15) is 9.90 Å². The number of hydrogen-bond donors (Lipinski definition) is 2. The lowest BCUT2D eigenvalue weighted by molar-refractivity contribution is 0.0950. The van der Waals surface area contributed by atoms with Crippen LogP contribution < -0.4 is 5.32 Å². The van der Waals surface area contributed by atoms with Crippen molar-refractivity contribution >= 4 is 16.7 Å². The van der Waals surface area contributed by atoms with Gasteiger partial charge in [-0.25, -0.2) is 0 Å². The first kappa shape index (κ1) is 15.4. The van der Waals surface area contributed by atoms with Crippen molar-refractivity contribution in [3.63, 3.8) is 0 Å². The van der Waals surface area contributed by atoms with Crippen molar-refractivity contribution in [2.75, 3.05) is 6.54 Å². The molecule has 0 unspecified atom stereocenters. The number of phenolic OH excluding ortho intramolecular Hbond substituents is 1. The van der Waals surface area contributed by atoms with Gasteiger partial charge in [0.05, 0.1) is 5.56 Å². The highest BCUT2D eigenvalue weighted by atomic mass is 16.3. The van der Waals surface area contributed by atoms with Crippen LogP contribution in [0.15, 0.2) is 36.4 Å². The van der Waals surface area contributed by atoms with Gasteiger partial charge in [-0.1, -0.05) is 57.0 Å². The summed E-state index contributed by atoms with van der Waals surface area (Å²) >= 11 is 0. The van der Waals surface area contributed by atoms with E-state index in [1.807, 2.05) is 30.3 Å². The number of rotatable bonds is 6. The van der Waals surface area contributed by atoms with Crippen LogP contribution in [0.2, 0.25) is 0 Å². The van der Waals surface area contributed by atoms with Crippen LogP contribution in [-0.4, -0.2) is 17.6 Å². The molecular formula is C18H23NO2. The highest BCUT2D eigenvalue weighted by Gasteiger charge is 2.12. The number of carbonyl (C=O) groups excluding carboxylic acids is 1. The van der Waals surface area contributed by atoms with Crippen LogP contribution in [0.1, 0.15) is 43.5 Å². The molecule has 1 amide bonds. The average molecular weight is 285 g/mol. The molecule has 21 heavy (non-hydrogen) atoms. The molecule has 0 bridgehead atoms. The van der Waals surface area contributed by atoms with Crippen LogP contribution in [0.5, 0.6) is 5.75 Å². The Hall–Kier alpha value is -2.03. The van der Waals surface area contributed by atoms with Gasteiger partial charge in [-0.05, 0) is 23.8 Å². The summed E-state index contributed by atoms with van der Waals surface area (Å²) in [6.07, 6.45) is 3.26. The van der Waals surface area contributed by atoms with Gasteiger partial charge in [-0.2, -0.15) is 0 Å². The zero-order chi connectivity index (χ0) is 15.2. The zero-order valence-electron chi connectivity index (χ0n) is 12.7. The van der Waals surface area contributed by atoms with Crippen LogP contribution in [0.25, 0.3) is 10.8 Å². The molecule has 2 aromatic rings. The van der Waals surface area contributed by atoms with Crippen LogP contribution in [-0.2, 0) is 0 Å². The van der Waals surface area contributed by atoms with Gasteiger partial charge in [0.1, 0.15) is 5.75 Å². The summed E-state index contributed by atoms with van der Waals surface area (Å²) < 4.78 is 0. The Balaban J connectivity index is 1.98. The molecule has 0 saturated heterocycles. The lowest BCUT2D eigenvalue weighted by atomic mass is 10.0. The van der Waals surface area contributed by atoms with E-state index >= 15 is 0 Å². The molecule has 0 fully saturated rings. The fraction of sp³-hybridized carbons (Fsp3) is 0.389. The summed E-state index contributed by atoms with van der Waals surface area (Å²) in [5.74, 6) is 0.556. The maximum atomic E-state index is 12.1. The molecule has 0 aromatic heterocycles. The zero-order valence-corrected chi connectivity index (χ0v) is 12.7. The summed E-state index contributed by atoms with van der Waals surface area (Å²) in [4.78, 5) is 12.1. The molecule has 0 atom stereocenters. The van der Waals surface area contributed by atoms with Gasteiger partial charge in [0.25, 0.3) is 5.91 Å². The lowest BCUT2D eigenvalue weighted by Crippen LogP contribution is -2.24. The molecule has 112 valence electrons. The summed E-state index contributed by atoms with van der Waals surface area (Å²) in [6.45, 7) is 5.05. The first-order chi connectivity index (χ1) is 10.1. The topological polar surface area (TPSA) is 49.3 Å². The van der Waals surface area contributed by atoms with Crippen molar-refractivity contribution in [2.24, 2.45) is 5.92 Å². The molecule has 2 rings (SSSR count). The fourth-order valence-electron chi connectivity index (χ4n) is 2.41. The first-order valence-corrected chi connectivity index (χ1v) is 7.58. The van der Waals surface area contributed by atoms with Crippen LogP contribution >= 0.6 is 0 Å². The Bertz CT molecular complexity index is 620. The fourth-order valence-corrected chi connectivity index (χ4v) is 2.41. The number of amides is 1. The van der Waals surface area contributed by atoms with Crippen LogP contribution in [0.4, 0.5) is 0 Å². The normalized spacial score (nSPS) is 11.0. The SMILES string of the molecule is CC(C)CCCCNC(=O)c1ccc2ccccc2c1O. The van der Waals surface area contributed by atoms with E-state index in [0.717, 1.165) is 18.2 Å². The minimum absolute atomic E-state index is 0.0628. The van der Waals surface area contributed by atoms with Crippen LogP contribution in [0, 0.1) is 5.92 Å². The molecular weight excluding hydrogens is 262 g/mol. The van der Waals surface area contributed by atoms with Crippen molar-refractivity contribution in [3.05, 3.63) is 42.0 Å². The van der Waals surface area contributed by atoms with E-state index in [1.165, 1.54) is 6.42 Å². The third-order valence-electron chi connectivity index (χ3n) is 3.64. The molecule has 3 nitrogen and oxygen atoms in total. The Kier molecular flexibility index (Phi) is 5.20. The standard InChI is InChI=1S/C18H23NO2/c1-13(2)7-5-6-12-19-18(21)16-11-10-14-8-3-4-9-15(14)17(16)20/h3-4,8-11,13,20H,5-7,12H2,1-2H3,(H,19,21). The highest BCUT2D eigenvalue weighted by Crippen LogP contribution is 2.28. The van der Waals surface area contributed by atoms with E-state index in [-0.39, 0.29) is 11.7 Å². The molecule has 3 heteroatoms. The Labute approximate surface area is 126 Å². The lowest BCUT2D eigenvalue weighted by Gasteiger charge is -2.09. The van der Waals surface area contributed by atoms with Gasteiger partial charge in [0.2, 0.25) is 0 Å². The van der Waals surface area contributed by atoms with Gasteiger partial charge in [0, 0.05) is 11.9 Å². The van der Waals surface area contributed by atoms with Crippen molar-refractivity contribution in [1.29, 1.82) is 0 Å². The van der Waals surface area contributed by atoms with Gasteiger partial charge in [-0.15, -0.1) is 0 Å². The van der Waals surface area contributed by atoms with Crippen molar-refractivity contribution in [1.82, 2.24) is 5.32 Å². The first-order valence-electron chi connectivity index (χ1n) is 7.58. The molecule has 2 aromatic carbocycles. The number of fused-ring (bicyclic) bond motifs is 1. The summed E-state index contributed by atoms with van der Waals surface area (Å²) in [5, 5.41) is 14.8. The number of benzene rings is 2. The van der Waals surface area contributed by atoms with E-state index in [2.05, 4.69) is 19.2 Å².